The van der Waals surface area contributed by atoms with Crippen LogP contribution in [0.3, 0.4) is 0 Å². The second-order valence-electron chi connectivity index (χ2n) is 5.59. The Morgan fingerprint density at radius 3 is 3.00 bits per heavy atom. The van der Waals surface area contributed by atoms with Gasteiger partial charge in [-0.3, -0.25) is 0 Å². The largest absolute Gasteiger partial charge is 0.329 e. The van der Waals surface area contributed by atoms with E-state index in [1.54, 1.807) is 0 Å². The van der Waals surface area contributed by atoms with Gasteiger partial charge in [-0.1, -0.05) is 34.1 Å². The van der Waals surface area contributed by atoms with Gasteiger partial charge >= 0.3 is 0 Å². The molecule has 106 valence electrons. The van der Waals surface area contributed by atoms with E-state index in [1.807, 2.05) is 18.6 Å². The third-order valence-corrected chi connectivity index (χ3v) is 4.79. The molecule has 3 nitrogen and oxygen atoms in total. The Balaban J connectivity index is 1.81. The Labute approximate surface area is 128 Å². The van der Waals surface area contributed by atoms with Crippen LogP contribution in [-0.4, -0.2) is 15.6 Å². The average Bonchev–Trinajstić information content (AvgIpc) is 2.90. The van der Waals surface area contributed by atoms with Crippen LogP contribution in [-0.2, 0) is 6.54 Å². The smallest absolute Gasteiger partial charge is 0.0951 e. The molecule has 0 bridgehead atoms. The number of hydrogen-bond acceptors (Lipinski definition) is 2. The van der Waals surface area contributed by atoms with Crippen LogP contribution in [0.1, 0.15) is 43.5 Å². The van der Waals surface area contributed by atoms with Gasteiger partial charge < -0.3 is 9.88 Å². The molecule has 2 aromatic rings. The zero-order valence-electron chi connectivity index (χ0n) is 11.7. The van der Waals surface area contributed by atoms with Crippen LogP contribution in [0, 0.1) is 0 Å². The zero-order chi connectivity index (χ0) is 13.9. The minimum absolute atomic E-state index is 0.434. The fourth-order valence-corrected chi connectivity index (χ4v) is 3.35. The van der Waals surface area contributed by atoms with Gasteiger partial charge in [-0.25, -0.2) is 4.98 Å². The molecule has 1 saturated heterocycles. The summed E-state index contributed by atoms with van der Waals surface area (Å²) in [5.41, 5.74) is 2.59. The topological polar surface area (TPSA) is 29.9 Å². The van der Waals surface area contributed by atoms with Crippen LogP contribution in [0.4, 0.5) is 0 Å². The van der Waals surface area contributed by atoms with Gasteiger partial charge in [0.1, 0.15) is 0 Å². The summed E-state index contributed by atoms with van der Waals surface area (Å²) in [5, 5.41) is 3.69. The average molecular weight is 334 g/mol. The molecule has 1 fully saturated rings. The maximum atomic E-state index is 4.36. The molecule has 1 aromatic carbocycles. The number of rotatable bonds is 3. The van der Waals surface area contributed by atoms with Crippen molar-refractivity contribution in [3.05, 3.63) is 52.5 Å². The van der Waals surface area contributed by atoms with Crippen molar-refractivity contribution in [2.24, 2.45) is 0 Å². The molecule has 0 spiro atoms. The summed E-state index contributed by atoms with van der Waals surface area (Å²) in [7, 11) is 0. The third kappa shape index (κ3) is 2.96. The first-order chi connectivity index (χ1) is 9.74. The fourth-order valence-electron chi connectivity index (χ4n) is 2.93. The number of nitrogens with one attached hydrogen (secondary N) is 1. The molecule has 1 aromatic heterocycles. The van der Waals surface area contributed by atoms with E-state index in [2.05, 4.69) is 55.9 Å². The molecule has 0 amide bonds. The molecular formula is C16H20BrN3. The number of nitrogens with zero attached hydrogens (tertiary/aromatic N) is 2. The van der Waals surface area contributed by atoms with Crippen molar-refractivity contribution in [1.29, 1.82) is 0 Å². The summed E-state index contributed by atoms with van der Waals surface area (Å²) in [5.74, 6) is 0. The minimum Gasteiger partial charge on any atom is -0.329 e. The van der Waals surface area contributed by atoms with Crippen LogP contribution in [0.15, 0.2) is 41.3 Å². The van der Waals surface area contributed by atoms with E-state index < -0.39 is 0 Å². The lowest BCUT2D eigenvalue weighted by molar-refractivity contribution is 0.330. The Bertz CT molecular complexity index is 579. The lowest BCUT2D eigenvalue weighted by Gasteiger charge is -2.29. The highest BCUT2D eigenvalue weighted by atomic mass is 79.9. The second kappa shape index (κ2) is 6.10. The first-order valence-corrected chi connectivity index (χ1v) is 8.03. The molecular weight excluding hydrogens is 314 g/mol. The Kier molecular flexibility index (Phi) is 4.22. The maximum Gasteiger partial charge on any atom is 0.0951 e. The fraction of sp³-hybridized carbons (Fsp3) is 0.438. The summed E-state index contributed by atoms with van der Waals surface area (Å²) >= 11 is 3.62. The summed E-state index contributed by atoms with van der Waals surface area (Å²) in [4.78, 5) is 4.36. The van der Waals surface area contributed by atoms with Gasteiger partial charge in [0.25, 0.3) is 0 Å². The van der Waals surface area contributed by atoms with Crippen LogP contribution >= 0.6 is 15.9 Å². The van der Waals surface area contributed by atoms with E-state index in [1.165, 1.54) is 30.5 Å². The van der Waals surface area contributed by atoms with E-state index in [9.17, 15) is 0 Å². The molecule has 0 radical (unpaired) electrons. The first-order valence-electron chi connectivity index (χ1n) is 7.23. The second-order valence-corrected chi connectivity index (χ2v) is 6.44. The quantitative estimate of drug-likeness (QED) is 0.923. The Morgan fingerprint density at radius 2 is 2.20 bits per heavy atom. The van der Waals surface area contributed by atoms with Gasteiger partial charge in [-0.15, -0.1) is 0 Å². The number of aromatic nitrogens is 2. The lowest BCUT2D eigenvalue weighted by Crippen LogP contribution is -2.35. The highest BCUT2D eigenvalue weighted by Gasteiger charge is 2.22. The molecule has 0 saturated carbocycles. The van der Waals surface area contributed by atoms with E-state index in [0.29, 0.717) is 12.1 Å². The normalized spacial score (nSPS) is 22.9. The van der Waals surface area contributed by atoms with Gasteiger partial charge in [0.15, 0.2) is 0 Å². The molecule has 4 heteroatoms. The lowest BCUT2D eigenvalue weighted by atomic mass is 9.97. The molecule has 2 atom stereocenters. The highest BCUT2D eigenvalue weighted by molar-refractivity contribution is 9.10. The van der Waals surface area contributed by atoms with Gasteiger partial charge in [0.05, 0.1) is 12.0 Å². The maximum absolute atomic E-state index is 4.36. The summed E-state index contributed by atoms with van der Waals surface area (Å²) in [6.07, 6.45) is 7.71. The van der Waals surface area contributed by atoms with Crippen molar-refractivity contribution < 1.29 is 0 Å². The number of benzene rings is 1. The van der Waals surface area contributed by atoms with Crippen molar-refractivity contribution in [1.82, 2.24) is 14.9 Å². The van der Waals surface area contributed by atoms with Gasteiger partial charge in [0, 0.05) is 29.3 Å². The van der Waals surface area contributed by atoms with Crippen molar-refractivity contribution in [3.63, 3.8) is 0 Å². The van der Waals surface area contributed by atoms with Crippen molar-refractivity contribution >= 4 is 15.9 Å². The number of hydrogen-bond donors (Lipinski definition) is 1. The Hall–Kier alpha value is -1.13. The van der Waals surface area contributed by atoms with E-state index in [0.717, 1.165) is 11.0 Å². The van der Waals surface area contributed by atoms with Crippen LogP contribution < -0.4 is 5.32 Å². The van der Waals surface area contributed by atoms with Crippen molar-refractivity contribution in [2.75, 3.05) is 0 Å². The molecule has 1 aliphatic rings. The molecule has 20 heavy (non-hydrogen) atoms. The van der Waals surface area contributed by atoms with Gasteiger partial charge in [0.2, 0.25) is 0 Å². The first kappa shape index (κ1) is 13.8. The van der Waals surface area contributed by atoms with E-state index in [4.69, 9.17) is 0 Å². The minimum atomic E-state index is 0.434. The monoisotopic (exact) mass is 333 g/mol. The molecule has 0 aliphatic carbocycles. The molecule has 1 aliphatic heterocycles. The SMILES string of the molecule is CC1CCCC(c2cncn2Cc2ccccc2Br)N1. The summed E-state index contributed by atoms with van der Waals surface area (Å²) in [6.45, 7) is 3.13. The Morgan fingerprint density at radius 1 is 1.35 bits per heavy atom. The van der Waals surface area contributed by atoms with E-state index in [-0.39, 0.29) is 0 Å². The van der Waals surface area contributed by atoms with Crippen molar-refractivity contribution in [3.8, 4) is 0 Å². The van der Waals surface area contributed by atoms with Gasteiger partial charge in [-0.05, 0) is 37.8 Å². The van der Waals surface area contributed by atoms with Crippen molar-refractivity contribution in [2.45, 2.75) is 44.8 Å². The molecule has 2 unspecified atom stereocenters. The summed E-state index contributed by atoms with van der Waals surface area (Å²) in [6, 6.07) is 9.41. The van der Waals surface area contributed by atoms with Crippen LogP contribution in [0.25, 0.3) is 0 Å². The zero-order valence-corrected chi connectivity index (χ0v) is 13.3. The predicted molar refractivity (Wildman–Crippen MR) is 84.7 cm³/mol. The van der Waals surface area contributed by atoms with E-state index >= 15 is 0 Å². The highest BCUT2D eigenvalue weighted by Crippen LogP contribution is 2.26. The van der Waals surface area contributed by atoms with Gasteiger partial charge in [-0.2, -0.15) is 0 Å². The molecule has 3 rings (SSSR count). The standard InChI is InChI=1S/C16H20BrN3/c1-12-5-4-8-15(19-12)16-9-18-11-20(16)10-13-6-2-3-7-14(13)17/h2-3,6-7,9,11-12,15,19H,4-5,8,10H2,1H3. The van der Waals surface area contributed by atoms with Crippen LogP contribution in [0.5, 0.6) is 0 Å². The number of piperidine rings is 1. The predicted octanol–water partition coefficient (Wildman–Crippen LogP) is 3.90. The third-order valence-electron chi connectivity index (χ3n) is 4.02. The molecule has 1 N–H and O–H groups in total. The summed E-state index contributed by atoms with van der Waals surface area (Å²) < 4.78 is 3.42. The number of halogens is 1. The molecule has 2 heterocycles. The number of imidazole rings is 1. The van der Waals surface area contributed by atoms with Crippen LogP contribution in [0.2, 0.25) is 0 Å².